The van der Waals surface area contributed by atoms with Crippen molar-refractivity contribution in [1.29, 1.82) is 0 Å². The molecule has 1 saturated heterocycles. The summed E-state index contributed by atoms with van der Waals surface area (Å²) >= 11 is 1.68. The largest absolute Gasteiger partial charge is 0.416 e. The van der Waals surface area contributed by atoms with E-state index >= 15 is 0 Å². The molecule has 3 nitrogen and oxygen atoms in total. The minimum atomic E-state index is -4.34. The molecule has 7 heteroatoms. The third-order valence-corrected chi connectivity index (χ3v) is 6.79. The van der Waals surface area contributed by atoms with Gasteiger partial charge in [0.15, 0.2) is 0 Å². The number of hydrogen-bond acceptors (Lipinski definition) is 3. The van der Waals surface area contributed by atoms with Crippen LogP contribution in [-0.4, -0.2) is 37.0 Å². The molecule has 0 radical (unpaired) electrons. The maximum atomic E-state index is 13.0. The van der Waals surface area contributed by atoms with Gasteiger partial charge in [-0.05, 0) is 48.9 Å². The summed E-state index contributed by atoms with van der Waals surface area (Å²) in [7, 11) is 0. The van der Waals surface area contributed by atoms with E-state index in [-0.39, 0.29) is 5.91 Å². The highest BCUT2D eigenvalue weighted by molar-refractivity contribution is 7.10. The summed E-state index contributed by atoms with van der Waals surface area (Å²) in [5.41, 5.74) is 1.97. The van der Waals surface area contributed by atoms with Crippen LogP contribution in [0.4, 0.5) is 18.9 Å². The summed E-state index contributed by atoms with van der Waals surface area (Å²) in [6.07, 6.45) is -1.21. The molecule has 150 valence electrons. The van der Waals surface area contributed by atoms with Crippen molar-refractivity contribution in [2.45, 2.75) is 32.4 Å². The molecule has 2 aliphatic rings. The molecule has 0 saturated carbocycles. The lowest BCUT2D eigenvalue weighted by molar-refractivity contribution is -0.137. The van der Waals surface area contributed by atoms with Crippen LogP contribution in [0, 0.1) is 5.92 Å². The van der Waals surface area contributed by atoms with Gasteiger partial charge in [-0.1, -0.05) is 13.0 Å². The average molecular weight is 408 g/mol. The molecular weight excluding hydrogens is 385 g/mol. The second-order valence-corrected chi connectivity index (χ2v) is 8.69. The monoisotopic (exact) mass is 408 g/mol. The van der Waals surface area contributed by atoms with E-state index in [1.165, 1.54) is 22.6 Å². The Labute approximate surface area is 166 Å². The molecule has 0 N–H and O–H groups in total. The number of fused-ring (bicyclic) bond motifs is 1. The Bertz CT molecular complexity index is 869. The van der Waals surface area contributed by atoms with Crippen LogP contribution in [0.25, 0.3) is 0 Å². The molecule has 1 aliphatic carbocycles. The summed E-state index contributed by atoms with van der Waals surface area (Å²) in [6.45, 7) is 4.37. The van der Waals surface area contributed by atoms with E-state index in [1.807, 2.05) is 15.2 Å². The minimum absolute atomic E-state index is 0.0655. The standard InChI is InChI=1S/C21H23F3N2OS/c1-14-5-6-17-18(13-28-19(17)11-14)20(27)26-9-7-25(8-10-26)16-4-2-3-15(12-16)21(22,23)24/h2-4,12-14H,5-11H2,1H3. The Morgan fingerprint density at radius 3 is 2.64 bits per heavy atom. The second kappa shape index (κ2) is 7.43. The summed E-state index contributed by atoms with van der Waals surface area (Å²) in [6, 6.07) is 5.41. The number of amides is 1. The van der Waals surface area contributed by atoms with E-state index < -0.39 is 11.7 Å². The molecule has 1 amide bonds. The van der Waals surface area contributed by atoms with Crippen molar-refractivity contribution in [3.05, 3.63) is 51.2 Å². The highest BCUT2D eigenvalue weighted by Gasteiger charge is 2.32. The van der Waals surface area contributed by atoms with Crippen molar-refractivity contribution in [3.8, 4) is 0 Å². The van der Waals surface area contributed by atoms with Gasteiger partial charge in [0, 0.05) is 42.1 Å². The first-order valence-corrected chi connectivity index (χ1v) is 10.5. The predicted molar refractivity (Wildman–Crippen MR) is 105 cm³/mol. The van der Waals surface area contributed by atoms with Gasteiger partial charge in [-0.2, -0.15) is 13.2 Å². The molecule has 1 aromatic carbocycles. The maximum absolute atomic E-state index is 13.0. The summed E-state index contributed by atoms with van der Waals surface area (Å²) in [5, 5.41) is 1.99. The lowest BCUT2D eigenvalue weighted by atomic mass is 9.88. The molecule has 0 spiro atoms. The number of hydrogen-bond donors (Lipinski definition) is 0. The van der Waals surface area contributed by atoms with E-state index in [4.69, 9.17) is 0 Å². The molecule has 1 aromatic heterocycles. The third-order valence-electron chi connectivity index (χ3n) is 5.74. The Kier molecular flexibility index (Phi) is 5.12. The Hall–Kier alpha value is -2.02. The first kappa shape index (κ1) is 19.3. The van der Waals surface area contributed by atoms with Crippen molar-refractivity contribution >= 4 is 22.9 Å². The van der Waals surface area contributed by atoms with Crippen molar-refractivity contribution in [1.82, 2.24) is 4.90 Å². The number of rotatable bonds is 2. The molecule has 2 aromatic rings. The molecule has 0 bridgehead atoms. The van der Waals surface area contributed by atoms with Gasteiger partial charge in [0.1, 0.15) is 0 Å². The van der Waals surface area contributed by atoms with E-state index in [0.717, 1.165) is 30.9 Å². The highest BCUT2D eigenvalue weighted by Crippen LogP contribution is 2.34. The Balaban J connectivity index is 1.43. The average Bonchev–Trinajstić information content (AvgIpc) is 3.10. The van der Waals surface area contributed by atoms with E-state index in [0.29, 0.717) is 37.8 Å². The Morgan fingerprint density at radius 1 is 1.18 bits per heavy atom. The van der Waals surface area contributed by atoms with Gasteiger partial charge < -0.3 is 9.80 Å². The highest BCUT2D eigenvalue weighted by atomic mass is 32.1. The van der Waals surface area contributed by atoms with Gasteiger partial charge in [0.2, 0.25) is 0 Å². The molecule has 1 fully saturated rings. The van der Waals surface area contributed by atoms with Crippen LogP contribution < -0.4 is 4.90 Å². The van der Waals surface area contributed by atoms with Gasteiger partial charge in [0.05, 0.1) is 11.1 Å². The van der Waals surface area contributed by atoms with Crippen molar-refractivity contribution in [3.63, 3.8) is 0 Å². The fourth-order valence-corrected chi connectivity index (χ4v) is 5.31. The number of carbonyl (C=O) groups excluding carboxylic acids is 1. The lowest BCUT2D eigenvalue weighted by Crippen LogP contribution is -2.49. The zero-order valence-corrected chi connectivity index (χ0v) is 16.6. The van der Waals surface area contributed by atoms with Crippen LogP contribution >= 0.6 is 11.3 Å². The molecule has 1 unspecified atom stereocenters. The van der Waals surface area contributed by atoms with Crippen LogP contribution in [0.15, 0.2) is 29.6 Å². The number of alkyl halides is 3. The zero-order valence-electron chi connectivity index (χ0n) is 15.8. The summed E-state index contributed by atoms with van der Waals surface area (Å²) in [4.78, 5) is 18.1. The van der Waals surface area contributed by atoms with Crippen LogP contribution in [0.3, 0.4) is 0 Å². The first-order chi connectivity index (χ1) is 13.3. The SMILES string of the molecule is CC1CCc2c(C(=O)N3CCN(c4cccc(C(F)(F)F)c4)CC3)csc2C1. The smallest absolute Gasteiger partial charge is 0.368 e. The van der Waals surface area contributed by atoms with Gasteiger partial charge >= 0.3 is 6.18 Å². The summed E-state index contributed by atoms with van der Waals surface area (Å²) in [5.74, 6) is 0.737. The fourth-order valence-electron chi connectivity index (χ4n) is 4.07. The van der Waals surface area contributed by atoms with Gasteiger partial charge in [-0.3, -0.25) is 4.79 Å². The molecule has 1 atom stereocenters. The van der Waals surface area contributed by atoms with Crippen LogP contribution in [-0.2, 0) is 19.0 Å². The number of piperazine rings is 1. The van der Waals surface area contributed by atoms with Crippen LogP contribution in [0.5, 0.6) is 0 Å². The van der Waals surface area contributed by atoms with Crippen LogP contribution in [0.1, 0.15) is 39.7 Å². The summed E-state index contributed by atoms with van der Waals surface area (Å²) < 4.78 is 38.9. The normalized spacial score (nSPS) is 20.2. The third kappa shape index (κ3) is 3.77. The van der Waals surface area contributed by atoms with E-state index in [2.05, 4.69) is 6.92 Å². The number of anilines is 1. The fraction of sp³-hybridized carbons (Fsp3) is 0.476. The minimum Gasteiger partial charge on any atom is -0.368 e. The number of halogens is 3. The predicted octanol–water partition coefficient (Wildman–Crippen LogP) is 4.85. The Morgan fingerprint density at radius 2 is 1.93 bits per heavy atom. The first-order valence-electron chi connectivity index (χ1n) is 9.63. The zero-order chi connectivity index (χ0) is 19.9. The van der Waals surface area contributed by atoms with E-state index in [9.17, 15) is 18.0 Å². The topological polar surface area (TPSA) is 23.6 Å². The number of benzene rings is 1. The van der Waals surface area contributed by atoms with Crippen molar-refractivity contribution in [2.75, 3.05) is 31.1 Å². The van der Waals surface area contributed by atoms with Gasteiger partial charge in [-0.25, -0.2) is 0 Å². The number of nitrogens with zero attached hydrogens (tertiary/aromatic N) is 2. The van der Waals surface area contributed by atoms with Crippen LogP contribution in [0.2, 0.25) is 0 Å². The van der Waals surface area contributed by atoms with Crippen molar-refractivity contribution < 1.29 is 18.0 Å². The molecule has 4 rings (SSSR count). The molecule has 28 heavy (non-hydrogen) atoms. The maximum Gasteiger partial charge on any atom is 0.416 e. The van der Waals surface area contributed by atoms with E-state index in [1.54, 1.807) is 17.4 Å². The number of carbonyl (C=O) groups is 1. The molecule has 2 heterocycles. The number of thiophene rings is 1. The molecule has 1 aliphatic heterocycles. The van der Waals surface area contributed by atoms with Gasteiger partial charge in [0.25, 0.3) is 5.91 Å². The van der Waals surface area contributed by atoms with Crippen molar-refractivity contribution in [2.24, 2.45) is 5.92 Å². The lowest BCUT2D eigenvalue weighted by Gasteiger charge is -2.36. The molecular formula is C21H23F3N2OS. The quantitative estimate of drug-likeness (QED) is 0.709. The second-order valence-electron chi connectivity index (χ2n) is 7.73. The van der Waals surface area contributed by atoms with Gasteiger partial charge in [-0.15, -0.1) is 11.3 Å².